The van der Waals surface area contributed by atoms with Crippen LogP contribution in [0.4, 0.5) is 0 Å². The molecule has 0 N–H and O–H groups in total. The average molecular weight is 962 g/mol. The summed E-state index contributed by atoms with van der Waals surface area (Å²) >= 11 is 0. The zero-order chi connectivity index (χ0) is 41.9. The van der Waals surface area contributed by atoms with Gasteiger partial charge in [-0.05, 0) is 85.0 Å². The molecular weight excluding hydrogens is 915 g/mol. The Balaban J connectivity index is 0.00000180. The molecule has 66 heavy (non-hydrogen) atoms. The van der Waals surface area contributed by atoms with Gasteiger partial charge in [0, 0.05) is 0 Å². The van der Waals surface area contributed by atoms with Gasteiger partial charge in [0.1, 0.15) is 0 Å². The van der Waals surface area contributed by atoms with Crippen molar-refractivity contribution in [2.75, 3.05) is 0 Å². The summed E-state index contributed by atoms with van der Waals surface area (Å²) in [5.41, 5.74) is 17.1. The third-order valence-corrected chi connectivity index (χ3v) is 17.6. The van der Waals surface area contributed by atoms with Crippen LogP contribution >= 0.6 is 0 Å². The van der Waals surface area contributed by atoms with E-state index in [9.17, 15) is 0 Å². The van der Waals surface area contributed by atoms with E-state index in [4.69, 9.17) is 0 Å². The standard InChI is InChI=1S/C61H47Si.3ClH.Ti/c1-44-33-34-45(2)61(44)62(58-38-52(46-21-9-3-10-22-46)35-53(39-58)47-23-11-4-12-24-47,59-40-54(48-25-13-5-14-26-48)36-55(41-59)49-27-15-6-16-28-49)60-42-56(50-29-17-7-18-30-50)37-57(43-60)51-31-19-8-20-32-51;;;;/h3-32,35-43H,33H2,1-2H3;3*1H;/q-1;;;;+4/p-3. The number of halogens is 3. The van der Waals surface area contributed by atoms with Crippen LogP contribution in [0.2, 0.25) is 0 Å². The third kappa shape index (κ3) is 9.85. The molecule has 0 aliphatic heterocycles. The zero-order valence-corrected chi connectivity index (χ0v) is 41.7. The van der Waals surface area contributed by atoms with Gasteiger partial charge in [-0.15, -0.1) is 6.42 Å². The summed E-state index contributed by atoms with van der Waals surface area (Å²) in [5, 5.41) is 5.49. The van der Waals surface area contributed by atoms with Crippen molar-refractivity contribution in [3.8, 4) is 66.8 Å². The van der Waals surface area contributed by atoms with Crippen LogP contribution in [0.25, 0.3) is 66.8 Å². The first-order valence-electron chi connectivity index (χ1n) is 21.6. The van der Waals surface area contributed by atoms with E-state index in [1.54, 1.807) is 0 Å². The van der Waals surface area contributed by atoms with Crippen molar-refractivity contribution in [3.05, 3.63) is 259 Å². The molecule has 0 unspecified atom stereocenters. The summed E-state index contributed by atoms with van der Waals surface area (Å²) < 4.78 is 0. The topological polar surface area (TPSA) is 0 Å². The molecule has 0 aromatic heterocycles. The molecule has 0 fully saturated rings. The van der Waals surface area contributed by atoms with Crippen molar-refractivity contribution < 1.29 is 58.9 Å². The second-order valence-electron chi connectivity index (χ2n) is 16.5. The van der Waals surface area contributed by atoms with Gasteiger partial charge in [-0.2, -0.15) is 10.8 Å². The number of hydrogen-bond acceptors (Lipinski definition) is 0. The molecular formula is C61H47Cl3SiTi. The fourth-order valence-electron chi connectivity index (χ4n) is 9.61. The SMILES string of the molecule is CC1=[C-]CC(C)=C1[Si](c1cc(-c2ccccc2)cc(-c2ccccc2)c1)(c1cc(-c2ccccc2)cc(-c2ccccc2)c1)c1cc(-c2ccccc2)cc(-c2ccccc2)c1.[Cl-].[Cl-].[Cl-].[Ti+4]. The first-order chi connectivity index (χ1) is 30.5. The van der Waals surface area contributed by atoms with Crippen LogP contribution < -0.4 is 52.8 Å². The number of rotatable bonds is 10. The van der Waals surface area contributed by atoms with Crippen molar-refractivity contribution in [1.29, 1.82) is 0 Å². The van der Waals surface area contributed by atoms with Gasteiger partial charge in [-0.3, -0.25) is 6.08 Å². The van der Waals surface area contributed by atoms with Gasteiger partial charge in [-0.25, -0.2) is 5.57 Å². The van der Waals surface area contributed by atoms with E-state index in [1.807, 2.05) is 0 Å². The maximum Gasteiger partial charge on any atom is 4.00 e. The molecule has 0 saturated heterocycles. The predicted octanol–water partition coefficient (Wildman–Crippen LogP) is 5.18. The number of benzene rings is 9. The molecule has 1 aliphatic carbocycles. The second kappa shape index (κ2) is 22.2. The Bertz CT molecular complexity index is 2600. The molecule has 0 bridgehead atoms. The molecule has 9 aromatic rings. The van der Waals surface area contributed by atoms with E-state index in [2.05, 4.69) is 257 Å². The van der Waals surface area contributed by atoms with Gasteiger partial charge >= 0.3 is 21.7 Å². The van der Waals surface area contributed by atoms with E-state index < -0.39 is 8.07 Å². The Labute approximate surface area is 425 Å². The van der Waals surface area contributed by atoms with E-state index >= 15 is 0 Å². The summed E-state index contributed by atoms with van der Waals surface area (Å²) in [7, 11) is -3.32. The van der Waals surface area contributed by atoms with Gasteiger partial charge in [0.15, 0.2) is 0 Å². The first-order valence-corrected chi connectivity index (χ1v) is 23.6. The summed E-state index contributed by atoms with van der Waals surface area (Å²) in [6.07, 6.45) is 4.70. The normalized spacial score (nSPS) is 11.9. The Morgan fingerprint density at radius 3 is 0.697 bits per heavy atom. The average Bonchev–Trinajstić information content (AvgIpc) is 3.69. The fraction of sp³-hybridized carbons (Fsp3) is 0.0492. The maximum atomic E-state index is 3.89. The molecule has 9 aromatic carbocycles. The van der Waals surface area contributed by atoms with Crippen molar-refractivity contribution >= 4 is 23.6 Å². The summed E-state index contributed by atoms with van der Waals surface area (Å²) in [5.74, 6) is 0. The Morgan fingerprint density at radius 2 is 0.515 bits per heavy atom. The van der Waals surface area contributed by atoms with Crippen molar-refractivity contribution in [2.24, 2.45) is 0 Å². The third-order valence-electron chi connectivity index (χ3n) is 12.5. The molecule has 320 valence electrons. The van der Waals surface area contributed by atoms with Crippen LogP contribution in [0.15, 0.2) is 253 Å². The number of hydrogen-bond donors (Lipinski definition) is 0. The minimum atomic E-state index is -3.32. The zero-order valence-electron chi connectivity index (χ0n) is 36.9. The minimum absolute atomic E-state index is 0. The largest absolute Gasteiger partial charge is 4.00 e. The van der Waals surface area contributed by atoms with Gasteiger partial charge in [0.2, 0.25) is 0 Å². The molecule has 0 spiro atoms. The van der Waals surface area contributed by atoms with Crippen LogP contribution in [0.1, 0.15) is 20.3 Å². The van der Waals surface area contributed by atoms with E-state index in [0.717, 1.165) is 6.42 Å². The first kappa shape index (κ1) is 49.7. The molecule has 0 nitrogen and oxygen atoms in total. The molecule has 0 heterocycles. The van der Waals surface area contributed by atoms with Crippen LogP contribution in [-0.2, 0) is 21.7 Å². The van der Waals surface area contributed by atoms with Crippen LogP contribution in [0.3, 0.4) is 0 Å². The van der Waals surface area contributed by atoms with Crippen LogP contribution in [0.5, 0.6) is 0 Å². The summed E-state index contributed by atoms with van der Waals surface area (Å²) in [6, 6.07) is 88.0. The van der Waals surface area contributed by atoms with Gasteiger partial charge in [0.25, 0.3) is 0 Å². The van der Waals surface area contributed by atoms with E-state index in [-0.39, 0.29) is 58.9 Å². The van der Waals surface area contributed by atoms with Gasteiger partial charge in [-0.1, -0.05) is 248 Å². The molecule has 0 radical (unpaired) electrons. The Morgan fingerprint density at radius 1 is 0.303 bits per heavy atom. The molecule has 0 amide bonds. The van der Waals surface area contributed by atoms with Crippen LogP contribution in [-0.4, -0.2) is 8.07 Å². The molecule has 0 atom stereocenters. The predicted molar refractivity (Wildman–Crippen MR) is 266 cm³/mol. The smallest absolute Gasteiger partial charge is 1.00 e. The Kier molecular flexibility index (Phi) is 16.7. The van der Waals surface area contributed by atoms with Crippen molar-refractivity contribution in [2.45, 2.75) is 20.3 Å². The molecule has 5 heteroatoms. The summed E-state index contributed by atoms with van der Waals surface area (Å²) in [6.45, 7) is 4.67. The van der Waals surface area contributed by atoms with Gasteiger partial charge < -0.3 is 37.2 Å². The maximum absolute atomic E-state index is 3.89. The van der Waals surface area contributed by atoms with E-state index in [0.29, 0.717) is 0 Å². The number of allylic oxidation sites excluding steroid dienone is 4. The minimum Gasteiger partial charge on any atom is -1.00 e. The van der Waals surface area contributed by atoms with E-state index in [1.165, 1.54) is 98.7 Å². The van der Waals surface area contributed by atoms with Crippen LogP contribution in [0, 0.1) is 6.08 Å². The molecule has 0 saturated carbocycles. The van der Waals surface area contributed by atoms with Gasteiger partial charge in [0.05, 0.1) is 8.07 Å². The molecule has 10 rings (SSSR count). The molecule has 1 aliphatic rings. The monoisotopic (exact) mass is 960 g/mol. The fourth-order valence-corrected chi connectivity index (χ4v) is 15.1. The van der Waals surface area contributed by atoms with Crippen molar-refractivity contribution in [1.82, 2.24) is 0 Å². The second-order valence-corrected chi connectivity index (χ2v) is 20.2. The summed E-state index contributed by atoms with van der Waals surface area (Å²) in [4.78, 5) is 0. The quantitative estimate of drug-likeness (QED) is 0.101. The van der Waals surface area contributed by atoms with Crippen molar-refractivity contribution in [3.63, 3.8) is 0 Å². The Hall–Kier alpha value is -5.74.